The number of fused-ring (bicyclic) bond motifs is 2. The number of carbonyl (C=O) groups is 1. The van der Waals surface area contributed by atoms with E-state index in [0.717, 1.165) is 16.6 Å². The SMILES string of the molecule is Cc1ccc(OC2CO[C@H]3CN(C(=O)Cn4cc5ccccc5n4)C[C@@H]3OC2)cn1. The van der Waals surface area contributed by atoms with Gasteiger partial charge in [0, 0.05) is 30.4 Å². The molecule has 0 N–H and O–H groups in total. The summed E-state index contributed by atoms with van der Waals surface area (Å²) in [6.45, 7) is 4.01. The minimum absolute atomic E-state index is 0.0154. The predicted octanol–water partition coefficient (Wildman–Crippen LogP) is 1.81. The summed E-state index contributed by atoms with van der Waals surface area (Å²) >= 11 is 0. The number of amides is 1. The molecular formula is C22H24N4O4. The van der Waals surface area contributed by atoms with Crippen LogP contribution < -0.4 is 4.74 Å². The highest BCUT2D eigenvalue weighted by atomic mass is 16.6. The van der Waals surface area contributed by atoms with Gasteiger partial charge in [0.15, 0.2) is 0 Å². The average Bonchev–Trinajstić information content (AvgIpc) is 3.30. The zero-order chi connectivity index (χ0) is 20.5. The monoisotopic (exact) mass is 408 g/mol. The average molecular weight is 408 g/mol. The molecule has 30 heavy (non-hydrogen) atoms. The Hall–Kier alpha value is -2.97. The molecule has 8 nitrogen and oxygen atoms in total. The van der Waals surface area contributed by atoms with Gasteiger partial charge in [-0.1, -0.05) is 18.2 Å². The fourth-order valence-corrected chi connectivity index (χ4v) is 3.90. The minimum atomic E-state index is -0.194. The van der Waals surface area contributed by atoms with Gasteiger partial charge >= 0.3 is 0 Å². The van der Waals surface area contributed by atoms with Gasteiger partial charge in [0.1, 0.15) is 30.6 Å². The van der Waals surface area contributed by atoms with Crippen LogP contribution in [-0.4, -0.2) is 70.2 Å². The van der Waals surface area contributed by atoms with Gasteiger partial charge in [-0.25, -0.2) is 0 Å². The number of nitrogens with zero attached hydrogens (tertiary/aromatic N) is 4. The van der Waals surface area contributed by atoms with E-state index in [1.54, 1.807) is 15.8 Å². The van der Waals surface area contributed by atoms with Gasteiger partial charge in [-0.15, -0.1) is 0 Å². The van der Waals surface area contributed by atoms with Crippen molar-refractivity contribution in [2.75, 3.05) is 26.3 Å². The summed E-state index contributed by atoms with van der Waals surface area (Å²) in [6.07, 6.45) is 3.13. The van der Waals surface area contributed by atoms with Crippen molar-refractivity contribution in [1.82, 2.24) is 19.7 Å². The van der Waals surface area contributed by atoms with E-state index in [4.69, 9.17) is 14.2 Å². The quantitative estimate of drug-likeness (QED) is 0.655. The summed E-state index contributed by atoms with van der Waals surface area (Å²) in [5.74, 6) is 0.717. The molecule has 2 aliphatic heterocycles. The maximum Gasteiger partial charge on any atom is 0.244 e. The molecule has 2 aromatic heterocycles. The van der Waals surface area contributed by atoms with Gasteiger partial charge in [0.25, 0.3) is 0 Å². The fraction of sp³-hybridized carbons (Fsp3) is 0.409. The largest absolute Gasteiger partial charge is 0.484 e. The number of pyridine rings is 1. The molecule has 2 atom stereocenters. The van der Waals surface area contributed by atoms with Crippen molar-refractivity contribution in [2.24, 2.45) is 0 Å². The second-order valence-electron chi connectivity index (χ2n) is 7.80. The van der Waals surface area contributed by atoms with Gasteiger partial charge in [0.2, 0.25) is 5.91 Å². The Bertz CT molecular complexity index is 986. The molecule has 2 aliphatic rings. The Morgan fingerprint density at radius 1 is 1.13 bits per heavy atom. The lowest BCUT2D eigenvalue weighted by atomic mass is 10.3. The number of hydrogen-bond acceptors (Lipinski definition) is 6. The number of likely N-dealkylation sites (tertiary alicyclic amines) is 1. The number of ether oxygens (including phenoxy) is 3. The Morgan fingerprint density at radius 2 is 1.90 bits per heavy atom. The molecule has 3 aromatic rings. The van der Waals surface area contributed by atoms with Gasteiger partial charge in [-0.3, -0.25) is 14.5 Å². The lowest BCUT2D eigenvalue weighted by Gasteiger charge is -2.19. The number of aryl methyl sites for hydroxylation is 1. The first-order valence-electron chi connectivity index (χ1n) is 10.2. The van der Waals surface area contributed by atoms with E-state index in [1.165, 1.54) is 0 Å². The van der Waals surface area contributed by atoms with Crippen LogP contribution in [0.4, 0.5) is 0 Å². The summed E-state index contributed by atoms with van der Waals surface area (Å²) in [6, 6.07) is 11.6. The summed E-state index contributed by atoms with van der Waals surface area (Å²) < 4.78 is 19.7. The summed E-state index contributed by atoms with van der Waals surface area (Å²) in [4.78, 5) is 18.8. The van der Waals surface area contributed by atoms with E-state index >= 15 is 0 Å². The second kappa shape index (κ2) is 8.04. The van der Waals surface area contributed by atoms with E-state index in [2.05, 4.69) is 10.1 Å². The van der Waals surface area contributed by atoms with Crippen molar-refractivity contribution >= 4 is 16.8 Å². The van der Waals surface area contributed by atoms with Crippen LogP contribution in [0.15, 0.2) is 48.8 Å². The zero-order valence-electron chi connectivity index (χ0n) is 16.8. The highest BCUT2D eigenvalue weighted by Gasteiger charge is 2.39. The summed E-state index contributed by atoms with van der Waals surface area (Å²) in [5, 5.41) is 5.50. The third kappa shape index (κ3) is 4.01. The van der Waals surface area contributed by atoms with Crippen molar-refractivity contribution in [2.45, 2.75) is 31.8 Å². The van der Waals surface area contributed by atoms with E-state index in [-0.39, 0.29) is 30.8 Å². The molecule has 8 heteroatoms. The van der Waals surface area contributed by atoms with Crippen molar-refractivity contribution in [3.05, 3.63) is 54.5 Å². The number of hydrogen-bond donors (Lipinski definition) is 0. The molecule has 1 aromatic carbocycles. The molecule has 156 valence electrons. The predicted molar refractivity (Wildman–Crippen MR) is 109 cm³/mol. The van der Waals surface area contributed by atoms with E-state index in [9.17, 15) is 4.79 Å². The Kier molecular flexibility index (Phi) is 5.10. The van der Waals surface area contributed by atoms with Crippen molar-refractivity contribution in [3.63, 3.8) is 0 Å². The number of rotatable bonds is 4. The van der Waals surface area contributed by atoms with Gasteiger partial charge in [-0.2, -0.15) is 5.10 Å². The summed E-state index contributed by atoms with van der Waals surface area (Å²) in [7, 11) is 0. The second-order valence-corrected chi connectivity index (χ2v) is 7.80. The van der Waals surface area contributed by atoms with Crippen LogP contribution >= 0.6 is 0 Å². The molecule has 4 heterocycles. The molecule has 0 bridgehead atoms. The smallest absolute Gasteiger partial charge is 0.244 e. The van der Waals surface area contributed by atoms with Crippen LogP contribution in [0.1, 0.15) is 5.69 Å². The molecule has 0 aliphatic carbocycles. The first-order chi connectivity index (χ1) is 14.6. The zero-order valence-corrected chi connectivity index (χ0v) is 16.8. The normalized spacial score (nSPS) is 22.1. The van der Waals surface area contributed by atoms with Crippen LogP contribution in [0.3, 0.4) is 0 Å². The molecule has 0 spiro atoms. The van der Waals surface area contributed by atoms with Crippen molar-refractivity contribution in [3.8, 4) is 5.75 Å². The number of carbonyl (C=O) groups excluding carboxylic acids is 1. The van der Waals surface area contributed by atoms with Crippen LogP contribution in [0.25, 0.3) is 10.9 Å². The standard InChI is InChI=1S/C22H24N4O4/c1-15-6-7-17(8-23-15)30-18-13-28-20-10-25(11-21(20)29-14-18)22(27)12-26-9-16-4-2-3-5-19(16)24-26/h2-9,18,20-21H,10-14H2,1H3/t20-,21-/m0/s1. The van der Waals surface area contributed by atoms with E-state index < -0.39 is 0 Å². The first-order valence-corrected chi connectivity index (χ1v) is 10.2. The summed E-state index contributed by atoms with van der Waals surface area (Å²) in [5.41, 5.74) is 1.83. The molecule has 2 fully saturated rings. The van der Waals surface area contributed by atoms with E-state index in [0.29, 0.717) is 32.1 Å². The lowest BCUT2D eigenvalue weighted by molar-refractivity contribution is -0.132. The molecular weight excluding hydrogens is 384 g/mol. The van der Waals surface area contributed by atoms with Gasteiger partial charge in [0.05, 0.1) is 24.9 Å². The van der Waals surface area contributed by atoms with E-state index in [1.807, 2.05) is 49.5 Å². The third-order valence-electron chi connectivity index (χ3n) is 5.51. The maximum absolute atomic E-state index is 12.8. The highest BCUT2D eigenvalue weighted by molar-refractivity contribution is 5.80. The van der Waals surface area contributed by atoms with Crippen LogP contribution in [-0.2, 0) is 20.8 Å². The maximum atomic E-state index is 12.8. The molecule has 1 amide bonds. The van der Waals surface area contributed by atoms with Crippen LogP contribution in [0.2, 0.25) is 0 Å². The van der Waals surface area contributed by atoms with Crippen molar-refractivity contribution in [1.29, 1.82) is 0 Å². The number of benzene rings is 1. The minimum Gasteiger partial charge on any atom is -0.484 e. The molecule has 0 radical (unpaired) electrons. The molecule has 2 saturated heterocycles. The number of aromatic nitrogens is 3. The van der Waals surface area contributed by atoms with Crippen molar-refractivity contribution < 1.29 is 19.0 Å². The molecule has 0 unspecified atom stereocenters. The topological polar surface area (TPSA) is 78.7 Å². The van der Waals surface area contributed by atoms with Crippen LogP contribution in [0.5, 0.6) is 5.75 Å². The molecule has 0 saturated carbocycles. The van der Waals surface area contributed by atoms with Crippen LogP contribution in [0, 0.1) is 6.92 Å². The Labute approximate surface area is 174 Å². The fourth-order valence-electron chi connectivity index (χ4n) is 3.90. The lowest BCUT2D eigenvalue weighted by Crippen LogP contribution is -2.35. The first kappa shape index (κ1) is 19.0. The Balaban J connectivity index is 1.16. The third-order valence-corrected chi connectivity index (χ3v) is 5.51. The molecule has 5 rings (SSSR count). The van der Waals surface area contributed by atoms with Gasteiger partial charge < -0.3 is 19.1 Å². The Morgan fingerprint density at radius 3 is 2.60 bits per heavy atom. The van der Waals surface area contributed by atoms with Gasteiger partial charge in [-0.05, 0) is 25.1 Å². The highest BCUT2D eigenvalue weighted by Crippen LogP contribution is 2.22.